The molecule has 3 aliphatic rings. The number of hydrogen-bond donors (Lipinski definition) is 3. The molecular weight excluding hydrogens is 430 g/mol. The lowest BCUT2D eigenvalue weighted by molar-refractivity contribution is -0.120. The molecule has 0 aliphatic carbocycles. The Balaban J connectivity index is 1.23. The number of carbonyl (C=O) groups excluding carboxylic acids is 2. The fourth-order valence-electron chi connectivity index (χ4n) is 4.93. The third-order valence-electron chi connectivity index (χ3n) is 7.00. The highest BCUT2D eigenvalue weighted by atomic mass is 16.5. The van der Waals surface area contributed by atoms with Crippen LogP contribution in [-0.4, -0.2) is 75.7 Å². The molecule has 2 unspecified atom stereocenters. The van der Waals surface area contributed by atoms with Gasteiger partial charge in [-0.1, -0.05) is 18.2 Å². The summed E-state index contributed by atoms with van der Waals surface area (Å²) in [5, 5.41) is 9.47. The zero-order valence-electron chi connectivity index (χ0n) is 19.7. The minimum absolute atomic E-state index is 0.0554. The maximum absolute atomic E-state index is 13.0. The first-order valence-corrected chi connectivity index (χ1v) is 12.2. The summed E-state index contributed by atoms with van der Waals surface area (Å²) in [7, 11) is 2.16. The first-order chi connectivity index (χ1) is 16.6. The lowest BCUT2D eigenvalue weighted by Crippen LogP contribution is -2.46. The van der Waals surface area contributed by atoms with Gasteiger partial charge in [0.2, 0.25) is 5.91 Å². The molecular formula is C26H33N5O3. The second-order valence-corrected chi connectivity index (χ2v) is 9.41. The number of nitrogens with zero attached hydrogens (tertiary/aromatic N) is 2. The SMILES string of the molecule is CN1CCN(c2cccc3c2CC(NC(=O)c2ccc(C4CNC(=O)CCN4)cc2)CO3)CC1. The minimum Gasteiger partial charge on any atom is -0.491 e. The molecule has 0 radical (unpaired) electrons. The summed E-state index contributed by atoms with van der Waals surface area (Å²) < 4.78 is 6.05. The van der Waals surface area contributed by atoms with Crippen LogP contribution in [0.1, 0.15) is 33.9 Å². The van der Waals surface area contributed by atoms with Crippen molar-refractivity contribution in [1.29, 1.82) is 0 Å². The van der Waals surface area contributed by atoms with Gasteiger partial charge in [-0.05, 0) is 36.9 Å². The average Bonchev–Trinajstić information content (AvgIpc) is 3.08. The number of hydrogen-bond acceptors (Lipinski definition) is 6. The number of benzene rings is 2. The van der Waals surface area contributed by atoms with Crippen LogP contribution < -0.4 is 25.6 Å². The van der Waals surface area contributed by atoms with Crippen molar-refractivity contribution in [2.24, 2.45) is 0 Å². The summed E-state index contributed by atoms with van der Waals surface area (Å²) in [5.74, 6) is 0.898. The molecule has 3 heterocycles. The van der Waals surface area contributed by atoms with E-state index in [0.717, 1.165) is 43.9 Å². The van der Waals surface area contributed by atoms with Gasteiger partial charge in [-0.15, -0.1) is 0 Å². The third-order valence-corrected chi connectivity index (χ3v) is 7.00. The van der Waals surface area contributed by atoms with Gasteiger partial charge in [-0.3, -0.25) is 9.59 Å². The van der Waals surface area contributed by atoms with Crippen molar-refractivity contribution in [1.82, 2.24) is 20.9 Å². The van der Waals surface area contributed by atoms with Crippen molar-refractivity contribution in [2.45, 2.75) is 24.9 Å². The van der Waals surface area contributed by atoms with E-state index < -0.39 is 0 Å². The molecule has 2 saturated heterocycles. The van der Waals surface area contributed by atoms with Crippen LogP contribution in [0.4, 0.5) is 5.69 Å². The average molecular weight is 464 g/mol. The first kappa shape index (κ1) is 22.7. The van der Waals surface area contributed by atoms with E-state index in [2.05, 4.69) is 44.9 Å². The molecule has 2 atom stereocenters. The van der Waals surface area contributed by atoms with Crippen LogP contribution in [0.3, 0.4) is 0 Å². The van der Waals surface area contributed by atoms with Gasteiger partial charge in [-0.2, -0.15) is 0 Å². The van der Waals surface area contributed by atoms with Crippen molar-refractivity contribution < 1.29 is 14.3 Å². The predicted octanol–water partition coefficient (Wildman–Crippen LogP) is 1.32. The van der Waals surface area contributed by atoms with Crippen molar-refractivity contribution >= 4 is 17.5 Å². The number of fused-ring (bicyclic) bond motifs is 1. The smallest absolute Gasteiger partial charge is 0.251 e. The van der Waals surface area contributed by atoms with Crippen molar-refractivity contribution in [3.63, 3.8) is 0 Å². The molecule has 2 fully saturated rings. The number of amides is 2. The second kappa shape index (κ2) is 10.0. The lowest BCUT2D eigenvalue weighted by atomic mass is 9.99. The number of nitrogens with one attached hydrogen (secondary N) is 3. The van der Waals surface area contributed by atoms with Crippen molar-refractivity contribution in [3.05, 3.63) is 59.2 Å². The Morgan fingerprint density at radius 2 is 1.88 bits per heavy atom. The van der Waals surface area contributed by atoms with Gasteiger partial charge in [0.15, 0.2) is 0 Å². The molecule has 0 bridgehead atoms. The number of piperazine rings is 1. The fourth-order valence-corrected chi connectivity index (χ4v) is 4.93. The summed E-state index contributed by atoms with van der Waals surface area (Å²) in [4.78, 5) is 29.3. The van der Waals surface area contributed by atoms with Gasteiger partial charge in [0.1, 0.15) is 12.4 Å². The Bertz CT molecular complexity index is 1030. The summed E-state index contributed by atoms with van der Waals surface area (Å²) in [5.41, 5.74) is 4.09. The second-order valence-electron chi connectivity index (χ2n) is 9.41. The van der Waals surface area contributed by atoms with Gasteiger partial charge in [-0.25, -0.2) is 0 Å². The standard InChI is InChI=1S/C26H33N5O3/c1-30-11-13-31(14-12-30)23-3-2-4-24-21(23)15-20(17-34-24)29-26(33)19-7-5-18(6-8-19)22-16-28-25(32)9-10-27-22/h2-8,20,22,27H,9-17H2,1H3,(H,28,32)(H,29,33). The van der Waals surface area contributed by atoms with Crippen LogP contribution in [0.5, 0.6) is 5.75 Å². The van der Waals surface area contributed by atoms with Crippen LogP contribution in [0.2, 0.25) is 0 Å². The Kier molecular flexibility index (Phi) is 6.69. The number of ether oxygens (including phenoxy) is 1. The third kappa shape index (κ3) is 5.03. The summed E-state index contributed by atoms with van der Waals surface area (Å²) in [6, 6.07) is 13.9. The molecule has 0 aromatic heterocycles. The van der Waals surface area contributed by atoms with E-state index in [4.69, 9.17) is 4.74 Å². The fraction of sp³-hybridized carbons (Fsp3) is 0.462. The highest BCUT2D eigenvalue weighted by Gasteiger charge is 2.27. The quantitative estimate of drug-likeness (QED) is 0.634. The zero-order valence-corrected chi connectivity index (χ0v) is 19.7. The number of rotatable bonds is 4. The number of anilines is 1. The van der Waals surface area contributed by atoms with Gasteiger partial charge in [0.25, 0.3) is 5.91 Å². The van der Waals surface area contributed by atoms with Crippen LogP contribution in [-0.2, 0) is 11.2 Å². The van der Waals surface area contributed by atoms with E-state index in [1.807, 2.05) is 30.3 Å². The molecule has 0 spiro atoms. The van der Waals surface area contributed by atoms with Crippen LogP contribution >= 0.6 is 0 Å². The van der Waals surface area contributed by atoms with Crippen LogP contribution in [0.25, 0.3) is 0 Å². The molecule has 34 heavy (non-hydrogen) atoms. The summed E-state index contributed by atoms with van der Waals surface area (Å²) in [6.07, 6.45) is 1.24. The Morgan fingerprint density at radius 1 is 1.09 bits per heavy atom. The molecule has 8 nitrogen and oxygen atoms in total. The molecule has 3 aliphatic heterocycles. The van der Waals surface area contributed by atoms with E-state index in [1.54, 1.807) is 0 Å². The van der Waals surface area contributed by atoms with Crippen molar-refractivity contribution in [3.8, 4) is 5.75 Å². The number of carbonyl (C=O) groups is 2. The van der Waals surface area contributed by atoms with E-state index in [9.17, 15) is 9.59 Å². The summed E-state index contributed by atoms with van der Waals surface area (Å²) in [6.45, 7) is 5.75. The Labute approximate surface area is 200 Å². The van der Waals surface area contributed by atoms with Crippen molar-refractivity contribution in [2.75, 3.05) is 57.8 Å². The minimum atomic E-state index is -0.0946. The molecule has 2 aromatic carbocycles. The Hall–Kier alpha value is -3.10. The predicted molar refractivity (Wildman–Crippen MR) is 131 cm³/mol. The molecule has 8 heteroatoms. The largest absolute Gasteiger partial charge is 0.491 e. The van der Waals surface area contributed by atoms with E-state index in [1.165, 1.54) is 11.3 Å². The van der Waals surface area contributed by atoms with Gasteiger partial charge < -0.3 is 30.5 Å². The molecule has 180 valence electrons. The molecule has 3 N–H and O–H groups in total. The van der Waals surface area contributed by atoms with Gasteiger partial charge in [0, 0.05) is 75.0 Å². The monoisotopic (exact) mass is 463 g/mol. The molecule has 2 aromatic rings. The maximum Gasteiger partial charge on any atom is 0.251 e. The lowest BCUT2D eigenvalue weighted by Gasteiger charge is -2.37. The van der Waals surface area contributed by atoms with E-state index in [0.29, 0.717) is 31.7 Å². The molecule has 5 rings (SSSR count). The highest BCUT2D eigenvalue weighted by Crippen LogP contribution is 2.34. The molecule has 0 saturated carbocycles. The zero-order chi connectivity index (χ0) is 23.5. The van der Waals surface area contributed by atoms with E-state index >= 15 is 0 Å². The molecule has 2 amide bonds. The van der Waals surface area contributed by atoms with Gasteiger partial charge in [0.05, 0.1) is 6.04 Å². The van der Waals surface area contributed by atoms with Crippen LogP contribution in [0.15, 0.2) is 42.5 Å². The normalized spacial score (nSPS) is 23.3. The highest BCUT2D eigenvalue weighted by molar-refractivity contribution is 5.94. The summed E-state index contributed by atoms with van der Waals surface area (Å²) >= 11 is 0. The number of likely N-dealkylation sites (N-methyl/N-ethyl adjacent to an activating group) is 1. The maximum atomic E-state index is 13.0. The van der Waals surface area contributed by atoms with Crippen LogP contribution in [0, 0.1) is 0 Å². The Morgan fingerprint density at radius 3 is 2.68 bits per heavy atom. The topological polar surface area (TPSA) is 85.9 Å². The van der Waals surface area contributed by atoms with E-state index in [-0.39, 0.29) is 23.9 Å². The first-order valence-electron chi connectivity index (χ1n) is 12.2. The van der Waals surface area contributed by atoms with Gasteiger partial charge >= 0.3 is 0 Å².